The third kappa shape index (κ3) is 4.61. The van der Waals surface area contributed by atoms with Gasteiger partial charge in [0.2, 0.25) is 0 Å². The predicted octanol–water partition coefficient (Wildman–Crippen LogP) is 0.860. The first kappa shape index (κ1) is 14.9. The summed E-state index contributed by atoms with van der Waals surface area (Å²) in [6, 6.07) is 8.32. The maximum absolute atomic E-state index is 11.3. The average molecular weight is 246 g/mol. The largest absolute Gasteiger partial charge is 0.460 e. The van der Waals surface area contributed by atoms with Crippen molar-refractivity contribution in [2.24, 2.45) is 5.73 Å². The molecule has 0 saturated carbocycles. The molecule has 0 aliphatic carbocycles. The van der Waals surface area contributed by atoms with E-state index in [4.69, 9.17) is 15.6 Å². The lowest BCUT2D eigenvalue weighted by molar-refractivity contribution is -0.149. The maximum atomic E-state index is 11.3. The van der Waals surface area contributed by atoms with Crippen molar-refractivity contribution < 1.29 is 14.6 Å². The molecule has 0 unspecified atom stereocenters. The summed E-state index contributed by atoms with van der Waals surface area (Å²) in [5.41, 5.74) is 6.29. The molecular formula is C11H16ClNO3. The van der Waals surface area contributed by atoms with Gasteiger partial charge in [0, 0.05) is 0 Å². The third-order valence-corrected chi connectivity index (χ3v) is 2.02. The summed E-state index contributed by atoms with van der Waals surface area (Å²) < 4.78 is 4.93. The number of rotatable bonds is 4. The van der Waals surface area contributed by atoms with Crippen molar-refractivity contribution in [1.29, 1.82) is 0 Å². The summed E-state index contributed by atoms with van der Waals surface area (Å²) in [6.07, 6.45) is -0.895. The molecule has 0 spiro atoms. The van der Waals surface area contributed by atoms with Gasteiger partial charge >= 0.3 is 5.97 Å². The van der Waals surface area contributed by atoms with Crippen molar-refractivity contribution in [2.45, 2.75) is 25.7 Å². The van der Waals surface area contributed by atoms with Crippen molar-refractivity contribution >= 4 is 18.4 Å². The van der Waals surface area contributed by atoms with Gasteiger partial charge in [-0.1, -0.05) is 30.3 Å². The Balaban J connectivity index is 0.00000225. The van der Waals surface area contributed by atoms with Gasteiger partial charge in [0.05, 0.1) is 6.10 Å². The Morgan fingerprint density at radius 1 is 1.44 bits per heavy atom. The van der Waals surface area contributed by atoms with Gasteiger partial charge < -0.3 is 15.6 Å². The van der Waals surface area contributed by atoms with Crippen LogP contribution < -0.4 is 5.73 Å². The Morgan fingerprint density at radius 2 is 2.00 bits per heavy atom. The first-order valence-corrected chi connectivity index (χ1v) is 4.75. The zero-order valence-electron chi connectivity index (χ0n) is 9.00. The van der Waals surface area contributed by atoms with Gasteiger partial charge in [-0.25, -0.2) is 0 Å². The van der Waals surface area contributed by atoms with Crippen molar-refractivity contribution in [2.75, 3.05) is 0 Å². The quantitative estimate of drug-likeness (QED) is 0.772. The van der Waals surface area contributed by atoms with Crippen LogP contribution in [0.5, 0.6) is 0 Å². The molecule has 5 heteroatoms. The molecule has 0 aliphatic rings. The molecule has 16 heavy (non-hydrogen) atoms. The summed E-state index contributed by atoms with van der Waals surface area (Å²) in [7, 11) is 0. The highest BCUT2D eigenvalue weighted by molar-refractivity contribution is 5.85. The molecule has 3 N–H and O–H groups in total. The Morgan fingerprint density at radius 3 is 2.50 bits per heavy atom. The molecule has 0 aliphatic heterocycles. The van der Waals surface area contributed by atoms with E-state index in [1.54, 1.807) is 0 Å². The standard InChI is InChI=1S/C11H15NO3.ClH/c1-8(13)10(12)11(14)15-7-9-5-3-2-4-6-9;/h2-6,8,10,13H,7,12H2,1H3;1H/t8-,10-;/m0./s1. The normalized spacial score (nSPS) is 13.4. The number of halogens is 1. The molecule has 1 aromatic rings. The number of carbonyl (C=O) groups is 1. The van der Waals surface area contributed by atoms with E-state index in [0.717, 1.165) is 5.56 Å². The third-order valence-electron chi connectivity index (χ3n) is 2.02. The highest BCUT2D eigenvalue weighted by atomic mass is 35.5. The molecule has 0 fully saturated rings. The molecule has 4 nitrogen and oxygen atoms in total. The Labute approximate surface area is 101 Å². The second kappa shape index (κ2) is 7.22. The minimum atomic E-state index is -0.978. The van der Waals surface area contributed by atoms with E-state index in [1.807, 2.05) is 30.3 Å². The van der Waals surface area contributed by atoms with E-state index in [9.17, 15) is 4.79 Å². The molecule has 0 heterocycles. The monoisotopic (exact) mass is 245 g/mol. The van der Waals surface area contributed by atoms with Crippen molar-refractivity contribution in [1.82, 2.24) is 0 Å². The van der Waals surface area contributed by atoms with Crippen molar-refractivity contribution in [3.8, 4) is 0 Å². The predicted molar refractivity (Wildman–Crippen MR) is 63.1 cm³/mol. The molecular weight excluding hydrogens is 230 g/mol. The van der Waals surface area contributed by atoms with Gasteiger partial charge in [0.25, 0.3) is 0 Å². The lowest BCUT2D eigenvalue weighted by Crippen LogP contribution is -2.41. The average Bonchev–Trinajstić information content (AvgIpc) is 2.26. The van der Waals surface area contributed by atoms with Crippen LogP contribution in [-0.2, 0) is 16.1 Å². The number of ether oxygens (including phenoxy) is 1. The zero-order valence-corrected chi connectivity index (χ0v) is 9.81. The fourth-order valence-corrected chi connectivity index (χ4v) is 1.02. The van der Waals surface area contributed by atoms with Crippen LogP contribution in [0.15, 0.2) is 30.3 Å². The van der Waals surface area contributed by atoms with Crippen LogP contribution in [0, 0.1) is 0 Å². The first-order valence-electron chi connectivity index (χ1n) is 4.75. The van der Waals surface area contributed by atoms with Crippen LogP contribution >= 0.6 is 12.4 Å². The molecule has 90 valence electrons. The van der Waals surface area contributed by atoms with E-state index in [2.05, 4.69) is 0 Å². The van der Waals surface area contributed by atoms with E-state index in [0.29, 0.717) is 0 Å². The molecule has 0 radical (unpaired) electrons. The van der Waals surface area contributed by atoms with Gasteiger partial charge in [0.15, 0.2) is 0 Å². The number of aliphatic hydroxyl groups excluding tert-OH is 1. The van der Waals surface area contributed by atoms with Gasteiger partial charge in [-0.3, -0.25) is 4.79 Å². The number of aliphatic hydroxyl groups is 1. The topological polar surface area (TPSA) is 72.5 Å². The Kier molecular flexibility index (Phi) is 6.72. The fourth-order valence-electron chi connectivity index (χ4n) is 1.02. The fraction of sp³-hybridized carbons (Fsp3) is 0.364. The van der Waals surface area contributed by atoms with Crippen molar-refractivity contribution in [3.63, 3.8) is 0 Å². The van der Waals surface area contributed by atoms with Crippen LogP contribution in [0.25, 0.3) is 0 Å². The van der Waals surface area contributed by atoms with Crippen LogP contribution in [0.3, 0.4) is 0 Å². The molecule has 0 aromatic heterocycles. The molecule has 1 rings (SSSR count). The highest BCUT2D eigenvalue weighted by Gasteiger charge is 2.19. The summed E-state index contributed by atoms with van der Waals surface area (Å²) >= 11 is 0. The molecule has 2 atom stereocenters. The Bertz CT molecular complexity index is 316. The van der Waals surface area contributed by atoms with Crippen LogP contribution in [-0.4, -0.2) is 23.2 Å². The van der Waals surface area contributed by atoms with E-state index in [-0.39, 0.29) is 19.0 Å². The zero-order chi connectivity index (χ0) is 11.3. The van der Waals surface area contributed by atoms with E-state index < -0.39 is 18.1 Å². The second-order valence-electron chi connectivity index (χ2n) is 3.36. The van der Waals surface area contributed by atoms with Gasteiger partial charge in [0.1, 0.15) is 12.6 Å². The van der Waals surface area contributed by atoms with Crippen LogP contribution in [0.1, 0.15) is 12.5 Å². The SMILES string of the molecule is C[C@H](O)[C@H](N)C(=O)OCc1ccccc1.Cl. The lowest BCUT2D eigenvalue weighted by atomic mass is 10.2. The van der Waals surface area contributed by atoms with E-state index in [1.165, 1.54) is 6.92 Å². The van der Waals surface area contributed by atoms with Gasteiger partial charge in [-0.15, -0.1) is 12.4 Å². The minimum absolute atomic E-state index is 0. The maximum Gasteiger partial charge on any atom is 0.325 e. The summed E-state index contributed by atoms with van der Waals surface area (Å²) in [4.78, 5) is 11.3. The van der Waals surface area contributed by atoms with E-state index >= 15 is 0 Å². The lowest BCUT2D eigenvalue weighted by Gasteiger charge is -2.13. The molecule has 0 saturated heterocycles. The first-order chi connectivity index (χ1) is 7.11. The Hall–Kier alpha value is -1.10. The molecule has 0 bridgehead atoms. The molecule has 0 amide bonds. The van der Waals surface area contributed by atoms with Crippen molar-refractivity contribution in [3.05, 3.63) is 35.9 Å². The number of hydrogen-bond acceptors (Lipinski definition) is 4. The number of benzene rings is 1. The minimum Gasteiger partial charge on any atom is -0.460 e. The van der Waals surface area contributed by atoms with Gasteiger partial charge in [-0.2, -0.15) is 0 Å². The highest BCUT2D eigenvalue weighted by Crippen LogP contribution is 2.02. The molecule has 1 aromatic carbocycles. The van der Waals surface area contributed by atoms with Gasteiger partial charge in [-0.05, 0) is 12.5 Å². The number of carbonyl (C=O) groups excluding carboxylic acids is 1. The van der Waals surface area contributed by atoms with Crippen LogP contribution in [0.4, 0.5) is 0 Å². The summed E-state index contributed by atoms with van der Waals surface area (Å²) in [6.45, 7) is 1.63. The summed E-state index contributed by atoms with van der Waals surface area (Å²) in [5, 5.41) is 9.06. The second-order valence-corrected chi connectivity index (χ2v) is 3.36. The summed E-state index contributed by atoms with van der Waals surface area (Å²) in [5.74, 6) is -0.589. The number of esters is 1. The van der Waals surface area contributed by atoms with Crippen LogP contribution in [0.2, 0.25) is 0 Å². The smallest absolute Gasteiger partial charge is 0.325 e. The number of hydrogen-bond donors (Lipinski definition) is 2. The number of nitrogens with two attached hydrogens (primary N) is 1.